The van der Waals surface area contributed by atoms with Crippen molar-refractivity contribution in [2.75, 3.05) is 32.2 Å². The lowest BCUT2D eigenvalue weighted by Gasteiger charge is -2.06. The van der Waals surface area contributed by atoms with E-state index in [1.54, 1.807) is 11.8 Å². The van der Waals surface area contributed by atoms with E-state index < -0.39 is 0 Å². The molecular weight excluding hydrogens is 358 g/mol. The standard InChI is InChI=1S/C18H26ClN3O2S/c1-3-10-23-12-9-22-18(25-14-13-24-11-4-2)20-17(21-22)15-7-5-6-8-16(15)19/h5-8H,3-4,9-14H2,1-2H3. The zero-order valence-electron chi connectivity index (χ0n) is 14.9. The van der Waals surface area contributed by atoms with E-state index in [1.165, 1.54) is 0 Å². The van der Waals surface area contributed by atoms with E-state index in [2.05, 4.69) is 23.9 Å². The summed E-state index contributed by atoms with van der Waals surface area (Å²) in [6.07, 6.45) is 2.05. The molecular formula is C18H26ClN3O2S. The van der Waals surface area contributed by atoms with E-state index in [9.17, 15) is 0 Å². The zero-order valence-corrected chi connectivity index (χ0v) is 16.5. The number of hydrogen-bond donors (Lipinski definition) is 0. The fourth-order valence-corrected chi connectivity index (χ4v) is 3.21. The van der Waals surface area contributed by atoms with Gasteiger partial charge in [0.15, 0.2) is 11.0 Å². The maximum atomic E-state index is 6.29. The molecule has 0 saturated carbocycles. The molecule has 0 unspecified atom stereocenters. The molecule has 0 fully saturated rings. The second-order valence-corrected chi connectivity index (χ2v) is 6.96. The van der Waals surface area contributed by atoms with Gasteiger partial charge in [0.1, 0.15) is 0 Å². The lowest BCUT2D eigenvalue weighted by atomic mass is 10.2. The molecule has 0 aliphatic heterocycles. The van der Waals surface area contributed by atoms with Gasteiger partial charge < -0.3 is 9.47 Å². The highest BCUT2D eigenvalue weighted by Gasteiger charge is 2.14. The molecule has 7 heteroatoms. The Morgan fingerprint density at radius 3 is 2.48 bits per heavy atom. The van der Waals surface area contributed by atoms with Crippen LogP contribution in [0.3, 0.4) is 0 Å². The molecule has 5 nitrogen and oxygen atoms in total. The predicted molar refractivity (Wildman–Crippen MR) is 103 cm³/mol. The molecule has 1 aromatic heterocycles. The Balaban J connectivity index is 2.06. The van der Waals surface area contributed by atoms with Crippen LogP contribution in [0.15, 0.2) is 29.4 Å². The minimum Gasteiger partial charge on any atom is -0.381 e. The molecule has 1 heterocycles. The number of hydrogen-bond acceptors (Lipinski definition) is 5. The van der Waals surface area contributed by atoms with Crippen LogP contribution in [0, 0.1) is 0 Å². The largest absolute Gasteiger partial charge is 0.381 e. The number of halogens is 1. The fourth-order valence-electron chi connectivity index (χ4n) is 2.17. The average molecular weight is 384 g/mol. The predicted octanol–water partition coefficient (Wildman–Crippen LogP) is 4.54. The van der Waals surface area contributed by atoms with Gasteiger partial charge in [-0.3, -0.25) is 0 Å². The molecule has 0 N–H and O–H groups in total. The van der Waals surface area contributed by atoms with Crippen LogP contribution < -0.4 is 0 Å². The van der Waals surface area contributed by atoms with Crippen LogP contribution in [0.1, 0.15) is 26.7 Å². The molecule has 0 aliphatic carbocycles. The quantitative estimate of drug-likeness (QED) is 0.397. The Hall–Kier alpha value is -1.08. The summed E-state index contributed by atoms with van der Waals surface area (Å²) in [4.78, 5) is 4.68. The number of aromatic nitrogens is 3. The normalized spacial score (nSPS) is 11.2. The zero-order chi connectivity index (χ0) is 17.9. The van der Waals surface area contributed by atoms with E-state index >= 15 is 0 Å². The summed E-state index contributed by atoms with van der Waals surface area (Å²) in [5.74, 6) is 1.49. The number of nitrogens with zero attached hydrogens (tertiary/aromatic N) is 3. The minimum absolute atomic E-state index is 0.624. The van der Waals surface area contributed by atoms with Gasteiger partial charge in [0.25, 0.3) is 0 Å². The lowest BCUT2D eigenvalue weighted by Crippen LogP contribution is -2.10. The molecule has 25 heavy (non-hydrogen) atoms. The van der Waals surface area contributed by atoms with Crippen molar-refractivity contribution in [1.82, 2.24) is 14.8 Å². The van der Waals surface area contributed by atoms with Gasteiger partial charge in [-0.15, -0.1) is 5.10 Å². The second kappa shape index (κ2) is 11.5. The van der Waals surface area contributed by atoms with Crippen molar-refractivity contribution in [2.45, 2.75) is 38.4 Å². The van der Waals surface area contributed by atoms with Crippen molar-refractivity contribution in [3.8, 4) is 11.4 Å². The monoisotopic (exact) mass is 383 g/mol. The summed E-state index contributed by atoms with van der Waals surface area (Å²) in [5.41, 5.74) is 0.849. The number of ether oxygens (including phenoxy) is 2. The van der Waals surface area contributed by atoms with Crippen LogP contribution in [0.25, 0.3) is 11.4 Å². The SMILES string of the molecule is CCCOCCSc1nc(-c2ccccc2Cl)nn1CCOCCC. The average Bonchev–Trinajstić information content (AvgIpc) is 3.02. The van der Waals surface area contributed by atoms with Crippen LogP contribution in [-0.2, 0) is 16.0 Å². The first-order valence-electron chi connectivity index (χ1n) is 8.74. The summed E-state index contributed by atoms with van der Waals surface area (Å²) in [6.45, 7) is 7.77. The minimum atomic E-state index is 0.624. The van der Waals surface area contributed by atoms with Crippen molar-refractivity contribution >= 4 is 23.4 Å². The highest BCUT2D eigenvalue weighted by atomic mass is 35.5. The van der Waals surface area contributed by atoms with Gasteiger partial charge in [0.2, 0.25) is 0 Å². The number of rotatable bonds is 12. The van der Waals surface area contributed by atoms with Crippen molar-refractivity contribution in [1.29, 1.82) is 0 Å². The molecule has 0 atom stereocenters. The molecule has 138 valence electrons. The Morgan fingerprint density at radius 2 is 1.76 bits per heavy atom. The highest BCUT2D eigenvalue weighted by Crippen LogP contribution is 2.27. The van der Waals surface area contributed by atoms with Gasteiger partial charge in [0.05, 0.1) is 24.8 Å². The van der Waals surface area contributed by atoms with E-state index in [-0.39, 0.29) is 0 Å². The highest BCUT2D eigenvalue weighted by molar-refractivity contribution is 7.99. The Kier molecular flexibility index (Phi) is 9.32. The van der Waals surface area contributed by atoms with Gasteiger partial charge in [-0.1, -0.05) is 49.3 Å². The Labute approximate surface area is 159 Å². The molecule has 2 aromatic rings. The van der Waals surface area contributed by atoms with Gasteiger partial charge >= 0.3 is 0 Å². The van der Waals surface area contributed by atoms with Crippen molar-refractivity contribution in [3.05, 3.63) is 29.3 Å². The maximum absolute atomic E-state index is 6.29. The molecule has 0 bridgehead atoms. The number of thioether (sulfide) groups is 1. The van der Waals surface area contributed by atoms with E-state index in [0.717, 1.165) is 42.5 Å². The van der Waals surface area contributed by atoms with Crippen LogP contribution >= 0.6 is 23.4 Å². The van der Waals surface area contributed by atoms with Crippen LogP contribution in [0.2, 0.25) is 5.02 Å². The molecule has 0 radical (unpaired) electrons. The molecule has 0 amide bonds. The van der Waals surface area contributed by atoms with E-state index in [1.807, 2.05) is 28.9 Å². The van der Waals surface area contributed by atoms with Gasteiger partial charge in [-0.25, -0.2) is 9.67 Å². The van der Waals surface area contributed by atoms with Crippen molar-refractivity contribution in [3.63, 3.8) is 0 Å². The Bertz CT molecular complexity index is 637. The molecule has 0 saturated heterocycles. The summed E-state index contributed by atoms with van der Waals surface area (Å²) in [7, 11) is 0. The fraction of sp³-hybridized carbons (Fsp3) is 0.556. The molecule has 2 rings (SSSR count). The van der Waals surface area contributed by atoms with Crippen LogP contribution in [-0.4, -0.2) is 46.9 Å². The third-order valence-electron chi connectivity index (χ3n) is 3.36. The van der Waals surface area contributed by atoms with Crippen molar-refractivity contribution < 1.29 is 9.47 Å². The molecule has 0 spiro atoms. The molecule has 0 aliphatic rings. The van der Waals surface area contributed by atoms with Gasteiger partial charge in [-0.2, -0.15) is 0 Å². The van der Waals surface area contributed by atoms with E-state index in [0.29, 0.717) is 30.6 Å². The third-order valence-corrected chi connectivity index (χ3v) is 4.62. The molecule has 1 aromatic carbocycles. The lowest BCUT2D eigenvalue weighted by molar-refractivity contribution is 0.122. The Morgan fingerprint density at radius 1 is 1.04 bits per heavy atom. The van der Waals surface area contributed by atoms with Gasteiger partial charge in [0, 0.05) is 24.5 Å². The first-order valence-corrected chi connectivity index (χ1v) is 10.1. The number of benzene rings is 1. The summed E-state index contributed by atoms with van der Waals surface area (Å²) in [5, 5.41) is 6.16. The van der Waals surface area contributed by atoms with E-state index in [4.69, 9.17) is 21.1 Å². The van der Waals surface area contributed by atoms with Crippen molar-refractivity contribution in [2.24, 2.45) is 0 Å². The van der Waals surface area contributed by atoms with Crippen LogP contribution in [0.4, 0.5) is 0 Å². The topological polar surface area (TPSA) is 49.2 Å². The first kappa shape index (κ1) is 20.2. The van der Waals surface area contributed by atoms with Crippen LogP contribution in [0.5, 0.6) is 0 Å². The third kappa shape index (κ3) is 6.62. The summed E-state index contributed by atoms with van der Waals surface area (Å²) < 4.78 is 13.0. The summed E-state index contributed by atoms with van der Waals surface area (Å²) >= 11 is 7.94. The van der Waals surface area contributed by atoms with Gasteiger partial charge in [-0.05, 0) is 25.0 Å². The smallest absolute Gasteiger partial charge is 0.186 e. The second-order valence-electron chi connectivity index (χ2n) is 5.49. The maximum Gasteiger partial charge on any atom is 0.186 e. The summed E-state index contributed by atoms with van der Waals surface area (Å²) in [6, 6.07) is 7.64. The first-order chi connectivity index (χ1) is 12.3.